The van der Waals surface area contributed by atoms with Crippen molar-refractivity contribution >= 4 is 16.9 Å². The number of fused-ring (bicyclic) bond motifs is 1. The maximum atomic E-state index is 14.4. The van der Waals surface area contributed by atoms with Crippen molar-refractivity contribution in [2.24, 2.45) is 0 Å². The maximum Gasteiger partial charge on any atom is 0.147 e. The molecule has 0 aliphatic rings. The number of nitrogens with zero attached hydrogens (tertiary/aromatic N) is 3. The molecule has 33 heavy (non-hydrogen) atoms. The quantitative estimate of drug-likeness (QED) is 0.331. The van der Waals surface area contributed by atoms with E-state index < -0.39 is 0 Å². The van der Waals surface area contributed by atoms with E-state index in [0.29, 0.717) is 17.1 Å². The fraction of sp³-hybridized carbons (Fsp3) is 0.0370. The zero-order chi connectivity index (χ0) is 22.9. The molecule has 0 saturated heterocycles. The number of rotatable bonds is 5. The van der Waals surface area contributed by atoms with Gasteiger partial charge in [-0.25, -0.2) is 13.8 Å². The number of aromatic nitrogens is 3. The first-order chi connectivity index (χ1) is 16.0. The lowest BCUT2D eigenvalue weighted by Crippen LogP contribution is -2.01. The van der Waals surface area contributed by atoms with Gasteiger partial charge in [0.2, 0.25) is 0 Å². The SMILES string of the molecule is C=C(Nc1ccc(F)cc1)c1cc(-c2cccn3c(-c4ccccc4F)ncc23)cnc1C. The largest absolute Gasteiger partial charge is 0.355 e. The number of imidazole rings is 1. The normalized spacial score (nSPS) is 11.0. The summed E-state index contributed by atoms with van der Waals surface area (Å²) in [7, 11) is 0. The second-order valence-corrected chi connectivity index (χ2v) is 7.71. The summed E-state index contributed by atoms with van der Waals surface area (Å²) in [6.07, 6.45) is 5.41. The summed E-state index contributed by atoms with van der Waals surface area (Å²) in [5, 5.41) is 3.21. The topological polar surface area (TPSA) is 42.2 Å². The lowest BCUT2D eigenvalue weighted by Gasteiger charge is -2.14. The van der Waals surface area contributed by atoms with Gasteiger partial charge in [0, 0.05) is 46.2 Å². The molecule has 0 fully saturated rings. The van der Waals surface area contributed by atoms with Crippen LogP contribution in [0.15, 0.2) is 91.9 Å². The zero-order valence-electron chi connectivity index (χ0n) is 17.9. The number of anilines is 1. The molecule has 0 atom stereocenters. The number of hydrogen-bond acceptors (Lipinski definition) is 3. The molecule has 0 saturated carbocycles. The van der Waals surface area contributed by atoms with Crippen molar-refractivity contribution in [1.82, 2.24) is 14.4 Å². The average Bonchev–Trinajstić information content (AvgIpc) is 3.25. The highest BCUT2D eigenvalue weighted by atomic mass is 19.1. The monoisotopic (exact) mass is 438 g/mol. The van der Waals surface area contributed by atoms with Crippen molar-refractivity contribution in [2.75, 3.05) is 5.32 Å². The first-order valence-electron chi connectivity index (χ1n) is 10.4. The maximum absolute atomic E-state index is 14.4. The Labute approximate surface area is 189 Å². The highest BCUT2D eigenvalue weighted by Crippen LogP contribution is 2.31. The third-order valence-corrected chi connectivity index (χ3v) is 5.55. The van der Waals surface area contributed by atoms with E-state index in [-0.39, 0.29) is 11.6 Å². The Hall–Kier alpha value is -4.32. The summed E-state index contributed by atoms with van der Waals surface area (Å²) in [5.41, 5.74) is 6.11. The summed E-state index contributed by atoms with van der Waals surface area (Å²) in [6, 6.07) is 18.6. The van der Waals surface area contributed by atoms with Crippen molar-refractivity contribution in [2.45, 2.75) is 6.92 Å². The van der Waals surface area contributed by atoms with Crippen LogP contribution in [0.25, 0.3) is 33.7 Å². The van der Waals surface area contributed by atoms with Crippen molar-refractivity contribution < 1.29 is 8.78 Å². The second kappa shape index (κ2) is 8.31. The lowest BCUT2D eigenvalue weighted by atomic mass is 10.0. The molecule has 0 spiro atoms. The predicted molar refractivity (Wildman–Crippen MR) is 128 cm³/mol. The van der Waals surface area contributed by atoms with Gasteiger partial charge in [0.25, 0.3) is 0 Å². The summed E-state index contributed by atoms with van der Waals surface area (Å²) in [4.78, 5) is 9.06. The first kappa shape index (κ1) is 20.6. The summed E-state index contributed by atoms with van der Waals surface area (Å²) in [6.45, 7) is 6.06. The van der Waals surface area contributed by atoms with Crippen LogP contribution in [0.2, 0.25) is 0 Å². The van der Waals surface area contributed by atoms with Gasteiger partial charge in [0.15, 0.2) is 0 Å². The molecule has 0 aliphatic heterocycles. The third-order valence-electron chi connectivity index (χ3n) is 5.55. The number of benzene rings is 2. The minimum absolute atomic E-state index is 0.297. The standard InChI is InChI=1S/C27H20F2N4/c1-17-24(18(2)32-21-11-9-20(28)10-12-21)14-19(15-30-17)22-7-5-13-33-26(22)16-31-27(33)23-6-3-4-8-25(23)29/h3-16,32H,2H2,1H3. The van der Waals surface area contributed by atoms with Gasteiger partial charge in [-0.2, -0.15) is 0 Å². The molecule has 5 rings (SSSR count). The zero-order valence-corrected chi connectivity index (χ0v) is 17.9. The molecule has 3 heterocycles. The van der Waals surface area contributed by atoms with E-state index in [2.05, 4.69) is 21.9 Å². The molecule has 1 N–H and O–H groups in total. The van der Waals surface area contributed by atoms with Crippen molar-refractivity contribution in [3.8, 4) is 22.5 Å². The van der Waals surface area contributed by atoms with Crippen LogP contribution in [0.3, 0.4) is 0 Å². The van der Waals surface area contributed by atoms with Gasteiger partial charge >= 0.3 is 0 Å². The van der Waals surface area contributed by atoms with Gasteiger partial charge in [-0.05, 0) is 55.5 Å². The van der Waals surface area contributed by atoms with Crippen molar-refractivity contribution in [1.29, 1.82) is 0 Å². The van der Waals surface area contributed by atoms with Crippen molar-refractivity contribution in [3.63, 3.8) is 0 Å². The molecule has 0 amide bonds. The van der Waals surface area contributed by atoms with Gasteiger partial charge < -0.3 is 5.32 Å². The van der Waals surface area contributed by atoms with Crippen LogP contribution < -0.4 is 5.32 Å². The highest BCUT2D eigenvalue weighted by molar-refractivity contribution is 5.85. The van der Waals surface area contributed by atoms with E-state index in [4.69, 9.17) is 0 Å². The third kappa shape index (κ3) is 3.87. The van der Waals surface area contributed by atoms with Gasteiger partial charge in [0.05, 0.1) is 17.3 Å². The Balaban J connectivity index is 1.55. The Morgan fingerprint density at radius 3 is 2.45 bits per heavy atom. The van der Waals surface area contributed by atoms with Crippen LogP contribution in [0.5, 0.6) is 0 Å². The molecular weight excluding hydrogens is 418 g/mol. The molecule has 5 aromatic rings. The van der Waals surface area contributed by atoms with Gasteiger partial charge in [-0.1, -0.05) is 24.8 Å². The van der Waals surface area contributed by atoms with Crippen LogP contribution in [-0.2, 0) is 0 Å². The lowest BCUT2D eigenvalue weighted by molar-refractivity contribution is 0.628. The smallest absolute Gasteiger partial charge is 0.147 e. The fourth-order valence-electron chi connectivity index (χ4n) is 3.87. The minimum atomic E-state index is -0.321. The Bertz CT molecular complexity index is 1490. The van der Waals surface area contributed by atoms with E-state index in [1.54, 1.807) is 42.7 Å². The van der Waals surface area contributed by atoms with E-state index in [1.165, 1.54) is 18.2 Å². The first-order valence-corrected chi connectivity index (χ1v) is 10.4. The number of hydrogen-bond donors (Lipinski definition) is 1. The number of nitrogens with one attached hydrogen (secondary N) is 1. The molecule has 4 nitrogen and oxygen atoms in total. The Kier molecular flexibility index (Phi) is 5.18. The summed E-state index contributed by atoms with van der Waals surface area (Å²) < 4.78 is 29.5. The Morgan fingerprint density at radius 2 is 1.67 bits per heavy atom. The number of pyridine rings is 2. The highest BCUT2D eigenvalue weighted by Gasteiger charge is 2.15. The molecule has 162 valence electrons. The van der Waals surface area contributed by atoms with Crippen LogP contribution >= 0.6 is 0 Å². The molecular formula is C27H20F2N4. The van der Waals surface area contributed by atoms with Crippen LogP contribution in [0.4, 0.5) is 14.5 Å². The average molecular weight is 438 g/mol. The fourth-order valence-corrected chi connectivity index (χ4v) is 3.87. The van der Waals surface area contributed by atoms with E-state index in [1.807, 2.05) is 35.7 Å². The molecule has 0 unspecified atom stereocenters. The molecule has 0 radical (unpaired) electrons. The molecule has 3 aromatic heterocycles. The van der Waals surface area contributed by atoms with E-state index >= 15 is 0 Å². The predicted octanol–water partition coefficient (Wildman–Crippen LogP) is 6.73. The van der Waals surface area contributed by atoms with Gasteiger partial charge in [-0.3, -0.25) is 9.38 Å². The van der Waals surface area contributed by atoms with Crippen LogP contribution in [0.1, 0.15) is 11.3 Å². The molecule has 2 aromatic carbocycles. The number of halogens is 2. The van der Waals surface area contributed by atoms with Gasteiger partial charge in [-0.15, -0.1) is 0 Å². The Morgan fingerprint density at radius 1 is 0.909 bits per heavy atom. The summed E-state index contributed by atoms with van der Waals surface area (Å²) >= 11 is 0. The van der Waals surface area contributed by atoms with E-state index in [9.17, 15) is 8.78 Å². The van der Waals surface area contributed by atoms with Crippen molar-refractivity contribution in [3.05, 3.63) is 115 Å². The molecule has 0 bridgehead atoms. The minimum Gasteiger partial charge on any atom is -0.355 e. The number of aryl methyl sites for hydroxylation is 1. The molecule has 0 aliphatic carbocycles. The van der Waals surface area contributed by atoms with Gasteiger partial charge in [0.1, 0.15) is 17.5 Å². The summed E-state index contributed by atoms with van der Waals surface area (Å²) in [5.74, 6) is -0.0832. The molecule has 6 heteroatoms. The van der Waals surface area contributed by atoms with Crippen LogP contribution in [0, 0.1) is 18.6 Å². The van der Waals surface area contributed by atoms with Crippen LogP contribution in [-0.4, -0.2) is 14.4 Å². The van der Waals surface area contributed by atoms with E-state index in [0.717, 1.165) is 33.6 Å². The second-order valence-electron chi connectivity index (χ2n) is 7.71.